The fraction of sp³-hybridized carbons (Fsp3) is 0.286. The second kappa shape index (κ2) is 9.34. The van der Waals surface area contributed by atoms with E-state index in [0.717, 1.165) is 0 Å². The second-order valence-electron chi connectivity index (χ2n) is 6.90. The van der Waals surface area contributed by atoms with Gasteiger partial charge in [-0.05, 0) is 45.4 Å². The molecule has 152 valence electrons. The van der Waals surface area contributed by atoms with Crippen molar-refractivity contribution >= 4 is 28.3 Å². The number of nitrogens with zero attached hydrogens (tertiary/aromatic N) is 1. The minimum absolute atomic E-state index is 0.175. The molecule has 1 N–H and O–H groups in total. The van der Waals surface area contributed by atoms with E-state index in [-0.39, 0.29) is 23.6 Å². The summed E-state index contributed by atoms with van der Waals surface area (Å²) < 4.78 is 23.6. The van der Waals surface area contributed by atoms with E-state index in [0.29, 0.717) is 16.1 Å². The maximum Gasteiger partial charge on any atom is 0.350 e. The molecule has 0 fully saturated rings. The molecule has 0 unspecified atom stereocenters. The molecule has 0 atom stereocenters. The summed E-state index contributed by atoms with van der Waals surface area (Å²) in [5, 5.41) is 14.2. The lowest BCUT2D eigenvalue weighted by atomic mass is 10.0. The normalized spacial score (nSPS) is 11.5. The van der Waals surface area contributed by atoms with Crippen LogP contribution in [0.5, 0.6) is 0 Å². The highest BCUT2D eigenvalue weighted by molar-refractivity contribution is 7.15. The summed E-state index contributed by atoms with van der Waals surface area (Å²) in [5.74, 6) is -1.74. The fourth-order valence-electron chi connectivity index (χ4n) is 2.32. The molecule has 6 nitrogen and oxygen atoms in total. The van der Waals surface area contributed by atoms with Gasteiger partial charge in [-0.15, -0.1) is 11.3 Å². The van der Waals surface area contributed by atoms with Gasteiger partial charge in [-0.2, -0.15) is 5.26 Å². The van der Waals surface area contributed by atoms with Crippen molar-refractivity contribution in [1.29, 1.82) is 5.26 Å². The van der Waals surface area contributed by atoms with Crippen molar-refractivity contribution < 1.29 is 23.5 Å². The molecule has 1 aromatic carbocycles. The van der Waals surface area contributed by atoms with E-state index in [1.165, 1.54) is 29.7 Å². The average molecular weight is 416 g/mol. The van der Waals surface area contributed by atoms with Crippen LogP contribution in [0.4, 0.5) is 9.39 Å². The molecule has 2 aromatic rings. The van der Waals surface area contributed by atoms with E-state index in [1.54, 1.807) is 51.3 Å². The van der Waals surface area contributed by atoms with Crippen LogP contribution < -0.4 is 5.32 Å². The summed E-state index contributed by atoms with van der Waals surface area (Å²) in [5.41, 5.74) is 0.435. The van der Waals surface area contributed by atoms with Gasteiger partial charge in [0.25, 0.3) is 0 Å². The standard InChI is InChI=1S/C21H21FN2O4S/c1-5-27-20(26)17-16(13-6-8-15(22)9-7-13)12-29-18(17)24-11-14(10-23)19(25)28-21(2,3)4/h6-9,11-12,24H,5H2,1-4H3. The number of carbonyl (C=O) groups is 2. The zero-order valence-corrected chi connectivity index (χ0v) is 17.4. The molecule has 8 heteroatoms. The van der Waals surface area contributed by atoms with E-state index in [1.807, 2.05) is 0 Å². The van der Waals surface area contributed by atoms with Crippen molar-refractivity contribution in [3.8, 4) is 17.2 Å². The Labute approximate surface area is 172 Å². The third-order valence-corrected chi connectivity index (χ3v) is 4.42. The quantitative estimate of drug-likeness (QED) is 0.410. The molecule has 1 heterocycles. The number of esters is 2. The number of nitrogens with one attached hydrogen (secondary N) is 1. The predicted molar refractivity (Wildman–Crippen MR) is 109 cm³/mol. The number of thiophene rings is 1. The van der Waals surface area contributed by atoms with Crippen molar-refractivity contribution in [3.63, 3.8) is 0 Å². The van der Waals surface area contributed by atoms with Gasteiger partial charge in [-0.3, -0.25) is 0 Å². The SMILES string of the molecule is CCOC(=O)c1c(-c2ccc(F)cc2)csc1NC=C(C#N)C(=O)OC(C)(C)C. The lowest BCUT2D eigenvalue weighted by molar-refractivity contribution is -0.149. The van der Waals surface area contributed by atoms with Gasteiger partial charge in [0.1, 0.15) is 28.1 Å². The van der Waals surface area contributed by atoms with Crippen LogP contribution in [-0.4, -0.2) is 24.1 Å². The van der Waals surface area contributed by atoms with E-state index < -0.39 is 17.5 Å². The molecule has 29 heavy (non-hydrogen) atoms. The van der Waals surface area contributed by atoms with Crippen molar-refractivity contribution in [2.45, 2.75) is 33.3 Å². The van der Waals surface area contributed by atoms with E-state index in [4.69, 9.17) is 9.47 Å². The number of ether oxygens (including phenoxy) is 2. The van der Waals surface area contributed by atoms with Gasteiger partial charge in [-0.1, -0.05) is 12.1 Å². The zero-order valence-electron chi connectivity index (χ0n) is 16.5. The Morgan fingerprint density at radius 1 is 1.28 bits per heavy atom. The Balaban J connectivity index is 2.39. The number of halogens is 1. The number of nitriles is 1. The topological polar surface area (TPSA) is 88.4 Å². The van der Waals surface area contributed by atoms with Gasteiger partial charge in [0, 0.05) is 17.1 Å². The second-order valence-corrected chi connectivity index (χ2v) is 7.78. The molecule has 0 amide bonds. The summed E-state index contributed by atoms with van der Waals surface area (Å²) in [6.07, 6.45) is 1.19. The first-order valence-electron chi connectivity index (χ1n) is 8.81. The van der Waals surface area contributed by atoms with Crippen molar-refractivity contribution in [1.82, 2.24) is 0 Å². The van der Waals surface area contributed by atoms with Crippen LogP contribution in [0.15, 0.2) is 41.4 Å². The number of rotatable bonds is 6. The van der Waals surface area contributed by atoms with Gasteiger partial charge in [-0.25, -0.2) is 14.0 Å². The molecule has 0 aliphatic rings. The Kier molecular flexibility index (Phi) is 7.13. The predicted octanol–water partition coefficient (Wildman–Crippen LogP) is 4.89. The third kappa shape index (κ3) is 5.90. The molecule has 0 aliphatic carbocycles. The van der Waals surface area contributed by atoms with Crippen molar-refractivity contribution in [3.05, 3.63) is 52.8 Å². The van der Waals surface area contributed by atoms with Crippen LogP contribution in [0.3, 0.4) is 0 Å². The molecule has 0 radical (unpaired) electrons. The van der Waals surface area contributed by atoms with Gasteiger partial charge < -0.3 is 14.8 Å². The minimum atomic E-state index is -0.777. The number of benzene rings is 1. The Morgan fingerprint density at radius 3 is 2.48 bits per heavy atom. The molecular formula is C21H21FN2O4S. The highest BCUT2D eigenvalue weighted by atomic mass is 32.1. The average Bonchev–Trinajstić information content (AvgIpc) is 3.05. The van der Waals surface area contributed by atoms with E-state index in [9.17, 15) is 19.2 Å². The third-order valence-electron chi connectivity index (χ3n) is 3.51. The summed E-state index contributed by atoms with van der Waals surface area (Å²) in [7, 11) is 0. The molecule has 0 bridgehead atoms. The molecule has 1 aromatic heterocycles. The minimum Gasteiger partial charge on any atom is -0.462 e. The summed E-state index contributed by atoms with van der Waals surface area (Å²) in [6.45, 7) is 6.95. The highest BCUT2D eigenvalue weighted by Gasteiger charge is 2.23. The van der Waals surface area contributed by atoms with Crippen LogP contribution in [-0.2, 0) is 14.3 Å². The van der Waals surface area contributed by atoms with Gasteiger partial charge in [0.05, 0.1) is 6.61 Å². The monoisotopic (exact) mass is 416 g/mol. The molecule has 2 rings (SSSR count). The van der Waals surface area contributed by atoms with E-state index in [2.05, 4.69) is 5.32 Å². The lowest BCUT2D eigenvalue weighted by Gasteiger charge is -2.18. The van der Waals surface area contributed by atoms with Gasteiger partial charge in [0.15, 0.2) is 5.57 Å². The fourth-order valence-corrected chi connectivity index (χ4v) is 3.25. The molecule has 0 spiro atoms. The molecule has 0 saturated heterocycles. The summed E-state index contributed by atoms with van der Waals surface area (Å²) in [4.78, 5) is 24.6. The Hall–Kier alpha value is -3.18. The number of anilines is 1. The first-order chi connectivity index (χ1) is 13.7. The summed E-state index contributed by atoms with van der Waals surface area (Å²) >= 11 is 1.19. The summed E-state index contributed by atoms with van der Waals surface area (Å²) in [6, 6.07) is 7.49. The van der Waals surface area contributed by atoms with Crippen LogP contribution in [0.1, 0.15) is 38.1 Å². The van der Waals surface area contributed by atoms with Crippen LogP contribution in [0, 0.1) is 17.1 Å². The first kappa shape index (κ1) is 22.1. The molecule has 0 saturated carbocycles. The lowest BCUT2D eigenvalue weighted by Crippen LogP contribution is -2.24. The van der Waals surface area contributed by atoms with Gasteiger partial charge in [0.2, 0.25) is 0 Å². The van der Waals surface area contributed by atoms with Crippen LogP contribution >= 0.6 is 11.3 Å². The smallest absolute Gasteiger partial charge is 0.350 e. The first-order valence-corrected chi connectivity index (χ1v) is 9.69. The Bertz CT molecular complexity index is 966. The largest absolute Gasteiger partial charge is 0.462 e. The highest BCUT2D eigenvalue weighted by Crippen LogP contribution is 2.36. The molecule has 0 aliphatic heterocycles. The zero-order chi connectivity index (χ0) is 21.6. The Morgan fingerprint density at radius 2 is 1.93 bits per heavy atom. The number of carbonyl (C=O) groups excluding carboxylic acids is 2. The molecular weight excluding hydrogens is 395 g/mol. The maximum absolute atomic E-state index is 13.2. The van der Waals surface area contributed by atoms with E-state index >= 15 is 0 Å². The number of hydrogen-bond acceptors (Lipinski definition) is 7. The van der Waals surface area contributed by atoms with Gasteiger partial charge >= 0.3 is 11.9 Å². The van der Waals surface area contributed by atoms with Crippen LogP contribution in [0.2, 0.25) is 0 Å². The number of hydrogen-bond donors (Lipinski definition) is 1. The van der Waals surface area contributed by atoms with Crippen LogP contribution in [0.25, 0.3) is 11.1 Å². The van der Waals surface area contributed by atoms with Crippen molar-refractivity contribution in [2.75, 3.05) is 11.9 Å². The maximum atomic E-state index is 13.2. The van der Waals surface area contributed by atoms with Crippen molar-refractivity contribution in [2.24, 2.45) is 0 Å².